The molecule has 0 heterocycles. The van der Waals surface area contributed by atoms with E-state index in [0.717, 1.165) is 18.2 Å². The van der Waals surface area contributed by atoms with Gasteiger partial charge in [-0.15, -0.1) is 0 Å². The van der Waals surface area contributed by atoms with Crippen molar-refractivity contribution >= 4 is 40.9 Å². The monoisotopic (exact) mass is 254 g/mol. The Balaban J connectivity index is 0.00000256. The third kappa shape index (κ3) is 3.31. The Kier molecular flexibility index (Phi) is 4.91. The second kappa shape index (κ2) is 5.33. The Morgan fingerprint density at radius 2 is 1.35 bits per heavy atom. The average molecular weight is 254 g/mol. The Hall–Kier alpha value is -1.33. The molecule has 7 nitrogen and oxygen atoms in total. The van der Waals surface area contributed by atoms with Crippen LogP contribution in [0.25, 0.3) is 0 Å². The van der Waals surface area contributed by atoms with Gasteiger partial charge in [-0.05, 0) is 12.1 Å². The van der Waals surface area contributed by atoms with Gasteiger partial charge in [-0.3, -0.25) is 4.55 Å². The topological polar surface area (TPSA) is 129 Å². The summed E-state index contributed by atoms with van der Waals surface area (Å²) in [4.78, 5) is 20.2. The van der Waals surface area contributed by atoms with E-state index >= 15 is 0 Å². The van der Waals surface area contributed by atoms with Gasteiger partial charge in [0.05, 0.1) is 11.1 Å². The predicted octanol–water partition coefficient (Wildman–Crippen LogP) is -0.319. The molecule has 9 heteroatoms. The number of benzene rings is 1. The number of rotatable bonds is 3. The van der Waals surface area contributed by atoms with Crippen LogP contribution >= 0.6 is 0 Å². The molecule has 0 aliphatic rings. The van der Waals surface area contributed by atoms with Crippen LogP contribution < -0.4 is 0 Å². The number of hydrogen-bond acceptors (Lipinski definition) is 4. The summed E-state index contributed by atoms with van der Waals surface area (Å²) in [6, 6.07) is 2.84. The second-order valence-corrected chi connectivity index (χ2v) is 4.13. The van der Waals surface area contributed by atoms with Crippen molar-refractivity contribution in [2.24, 2.45) is 0 Å². The maximum atomic E-state index is 10.9. The van der Waals surface area contributed by atoms with Crippen molar-refractivity contribution in [3.8, 4) is 0 Å². The molecule has 0 saturated carbocycles. The molecule has 1 aromatic carbocycles. The fourth-order valence-electron chi connectivity index (χ4n) is 1.15. The maximum absolute atomic E-state index is 10.9. The molecule has 1 rings (SSSR count). The Bertz CT molecular complexity index is 531. The molecule has 0 atom stereocenters. The normalized spacial score (nSPS) is 10.4. The van der Waals surface area contributed by atoms with Crippen LogP contribution in [0.1, 0.15) is 20.7 Å². The van der Waals surface area contributed by atoms with Crippen molar-refractivity contribution in [3.05, 3.63) is 29.3 Å². The molecular formula is C8H7LiO7S. The molecular weight excluding hydrogens is 247 g/mol. The first-order valence-electron chi connectivity index (χ1n) is 3.82. The minimum atomic E-state index is -4.92. The number of carbonyl (C=O) groups is 2. The molecule has 0 radical (unpaired) electrons. The molecule has 0 amide bonds. The standard InChI is InChI=1S/C8H6O7S.Li.H/c9-7(10)4-2-1-3-5(8(11)12)6(4)16(13,14)15;;/h1-3H,(H,9,10)(H,11,12)(H,13,14,15);;. The van der Waals surface area contributed by atoms with Gasteiger partial charge in [0.1, 0.15) is 4.90 Å². The van der Waals surface area contributed by atoms with Gasteiger partial charge in [-0.25, -0.2) is 9.59 Å². The Morgan fingerprint density at radius 1 is 1.00 bits per heavy atom. The summed E-state index contributed by atoms with van der Waals surface area (Å²) < 4.78 is 30.6. The van der Waals surface area contributed by atoms with Crippen LogP contribution in [0.4, 0.5) is 0 Å². The van der Waals surface area contributed by atoms with Crippen LogP contribution in [0.3, 0.4) is 0 Å². The summed E-state index contributed by atoms with van der Waals surface area (Å²) in [6.45, 7) is 0. The summed E-state index contributed by atoms with van der Waals surface area (Å²) in [6.07, 6.45) is 0. The Labute approximate surface area is 108 Å². The van der Waals surface area contributed by atoms with Crippen molar-refractivity contribution in [1.82, 2.24) is 0 Å². The summed E-state index contributed by atoms with van der Waals surface area (Å²) in [5.41, 5.74) is -1.58. The van der Waals surface area contributed by atoms with Crippen LogP contribution in [-0.2, 0) is 10.1 Å². The molecule has 17 heavy (non-hydrogen) atoms. The number of aromatic carboxylic acids is 2. The van der Waals surface area contributed by atoms with Crippen molar-refractivity contribution in [3.63, 3.8) is 0 Å². The van der Waals surface area contributed by atoms with Crippen LogP contribution in [0.15, 0.2) is 23.1 Å². The first-order valence-corrected chi connectivity index (χ1v) is 5.26. The van der Waals surface area contributed by atoms with Crippen molar-refractivity contribution in [2.45, 2.75) is 4.90 Å². The third-order valence-electron chi connectivity index (χ3n) is 1.73. The van der Waals surface area contributed by atoms with E-state index in [0.29, 0.717) is 0 Å². The van der Waals surface area contributed by atoms with Gasteiger partial charge in [-0.2, -0.15) is 8.42 Å². The SMILES string of the molecule is O=C(O)c1cccc(C(=O)O)c1S(=O)(=O)O.[LiH]. The quantitative estimate of drug-likeness (QED) is 0.498. The number of carboxylic acids is 2. The van der Waals surface area contributed by atoms with E-state index in [4.69, 9.17) is 14.8 Å². The first-order chi connectivity index (χ1) is 7.25. The zero-order chi connectivity index (χ0) is 12.5. The van der Waals surface area contributed by atoms with E-state index in [9.17, 15) is 18.0 Å². The van der Waals surface area contributed by atoms with Crippen LogP contribution in [-0.4, -0.2) is 54.0 Å². The van der Waals surface area contributed by atoms with Gasteiger partial charge in [0.2, 0.25) is 0 Å². The third-order valence-corrected chi connectivity index (χ3v) is 2.69. The predicted molar refractivity (Wildman–Crippen MR) is 57.3 cm³/mol. The summed E-state index contributed by atoms with van der Waals surface area (Å²) in [7, 11) is -4.92. The van der Waals surface area contributed by atoms with Crippen LogP contribution in [0.5, 0.6) is 0 Å². The fraction of sp³-hybridized carbons (Fsp3) is 0. The van der Waals surface area contributed by atoms with Gasteiger partial charge >= 0.3 is 30.8 Å². The minimum absolute atomic E-state index is 0. The summed E-state index contributed by atoms with van der Waals surface area (Å²) in [5.74, 6) is -3.29. The zero-order valence-electron chi connectivity index (χ0n) is 7.61. The van der Waals surface area contributed by atoms with Crippen molar-refractivity contribution < 1.29 is 32.8 Å². The zero-order valence-corrected chi connectivity index (χ0v) is 8.43. The summed E-state index contributed by atoms with van der Waals surface area (Å²) >= 11 is 0. The number of hydrogen-bond donors (Lipinski definition) is 3. The van der Waals surface area contributed by atoms with Gasteiger partial charge in [0, 0.05) is 0 Å². The molecule has 0 aliphatic carbocycles. The Morgan fingerprint density at radius 3 is 1.59 bits per heavy atom. The van der Waals surface area contributed by atoms with Crippen LogP contribution in [0, 0.1) is 0 Å². The number of carboxylic acid groups (broad SMARTS) is 2. The van der Waals surface area contributed by atoms with Crippen molar-refractivity contribution in [1.29, 1.82) is 0 Å². The molecule has 0 saturated heterocycles. The van der Waals surface area contributed by atoms with E-state index in [1.165, 1.54) is 0 Å². The molecule has 0 aliphatic heterocycles. The fourth-order valence-corrected chi connectivity index (χ4v) is 2.02. The van der Waals surface area contributed by atoms with E-state index in [2.05, 4.69) is 0 Å². The second-order valence-electron chi connectivity index (χ2n) is 2.77. The van der Waals surface area contributed by atoms with Gasteiger partial charge in [0.25, 0.3) is 10.1 Å². The van der Waals surface area contributed by atoms with E-state index in [1.807, 2.05) is 0 Å². The van der Waals surface area contributed by atoms with Crippen molar-refractivity contribution in [2.75, 3.05) is 0 Å². The first kappa shape index (κ1) is 15.7. The molecule has 0 bridgehead atoms. The van der Waals surface area contributed by atoms with Gasteiger partial charge in [-0.1, -0.05) is 6.07 Å². The van der Waals surface area contributed by atoms with Gasteiger partial charge in [0.15, 0.2) is 0 Å². The molecule has 0 fully saturated rings. The molecule has 0 spiro atoms. The van der Waals surface area contributed by atoms with Crippen LogP contribution in [0.2, 0.25) is 0 Å². The van der Waals surface area contributed by atoms with E-state index in [-0.39, 0.29) is 18.9 Å². The van der Waals surface area contributed by atoms with E-state index < -0.39 is 38.1 Å². The van der Waals surface area contributed by atoms with Gasteiger partial charge < -0.3 is 10.2 Å². The molecule has 0 unspecified atom stereocenters. The summed E-state index contributed by atoms with van der Waals surface area (Å²) in [5, 5.41) is 17.3. The molecule has 3 N–H and O–H groups in total. The average Bonchev–Trinajstić information content (AvgIpc) is 2.15. The molecule has 88 valence electrons. The molecule has 0 aromatic heterocycles. The van der Waals surface area contributed by atoms with E-state index in [1.54, 1.807) is 0 Å². The molecule has 1 aromatic rings.